The fourth-order valence-electron chi connectivity index (χ4n) is 3.66. The molecule has 0 aliphatic carbocycles. The van der Waals surface area contributed by atoms with E-state index in [2.05, 4.69) is 16.0 Å². The molecule has 2 heterocycles. The number of amides is 2. The van der Waals surface area contributed by atoms with Gasteiger partial charge in [0.15, 0.2) is 0 Å². The van der Waals surface area contributed by atoms with Crippen molar-refractivity contribution in [1.29, 1.82) is 0 Å². The lowest BCUT2D eigenvalue weighted by atomic mass is 9.97. The van der Waals surface area contributed by atoms with E-state index in [0.717, 1.165) is 4.88 Å². The van der Waals surface area contributed by atoms with Crippen LogP contribution < -0.4 is 16.0 Å². The lowest BCUT2D eigenvalue weighted by Gasteiger charge is -2.26. The first-order chi connectivity index (χ1) is 17.1. The van der Waals surface area contributed by atoms with Crippen molar-refractivity contribution >= 4 is 40.1 Å². The first-order valence-corrected chi connectivity index (χ1v) is 12.7. The summed E-state index contributed by atoms with van der Waals surface area (Å²) in [6.07, 6.45) is 0.365. The van der Waals surface area contributed by atoms with Crippen LogP contribution in [-0.2, 0) is 32.0 Å². The molecule has 200 valence electrons. The van der Waals surface area contributed by atoms with Gasteiger partial charge < -0.3 is 30.5 Å². The molecule has 0 saturated heterocycles. The van der Waals surface area contributed by atoms with Crippen LogP contribution in [0.5, 0.6) is 5.75 Å². The summed E-state index contributed by atoms with van der Waals surface area (Å²) < 4.78 is 10.7. The van der Waals surface area contributed by atoms with E-state index in [1.165, 1.54) is 23.5 Å². The number of ether oxygens (including phenoxy) is 2. The fraction of sp³-hybridized carbons (Fsp3) is 0.462. The van der Waals surface area contributed by atoms with Crippen molar-refractivity contribution in [3.05, 3.63) is 45.8 Å². The van der Waals surface area contributed by atoms with Crippen LogP contribution in [0, 0.1) is 0 Å². The van der Waals surface area contributed by atoms with Crippen LogP contribution in [0.4, 0.5) is 5.00 Å². The summed E-state index contributed by atoms with van der Waals surface area (Å²) in [6, 6.07) is 6.02. The summed E-state index contributed by atoms with van der Waals surface area (Å²) >= 11 is 1.18. The van der Waals surface area contributed by atoms with Gasteiger partial charge in [0.05, 0.1) is 11.1 Å². The van der Waals surface area contributed by atoms with Crippen LogP contribution in [0.2, 0.25) is 0 Å². The van der Waals surface area contributed by atoms with Crippen molar-refractivity contribution in [3.63, 3.8) is 0 Å². The van der Waals surface area contributed by atoms with E-state index >= 15 is 0 Å². The lowest BCUT2D eigenvalue weighted by molar-refractivity contribution is -0.161. The smallest absolute Gasteiger partial charge is 0.397 e. The molecule has 1 aromatic heterocycles. The zero-order valence-electron chi connectivity index (χ0n) is 21.8. The molecule has 1 aliphatic heterocycles. The second kappa shape index (κ2) is 10.9. The lowest BCUT2D eigenvalue weighted by Crippen LogP contribution is -2.44. The first-order valence-electron chi connectivity index (χ1n) is 11.9. The molecule has 0 fully saturated rings. The Morgan fingerprint density at radius 2 is 1.70 bits per heavy atom. The van der Waals surface area contributed by atoms with Crippen molar-refractivity contribution in [1.82, 2.24) is 10.6 Å². The highest BCUT2D eigenvalue weighted by Gasteiger charge is 2.33. The molecule has 0 bridgehead atoms. The molecule has 1 aromatic carbocycles. The predicted octanol–water partition coefficient (Wildman–Crippen LogP) is 3.13. The van der Waals surface area contributed by atoms with Gasteiger partial charge in [0.25, 0.3) is 5.91 Å². The Morgan fingerprint density at radius 3 is 2.32 bits per heavy atom. The maximum atomic E-state index is 13.2. The zero-order chi connectivity index (χ0) is 27.5. The number of aromatic hydroxyl groups is 1. The highest BCUT2D eigenvalue weighted by Crippen LogP contribution is 2.37. The van der Waals surface area contributed by atoms with E-state index < -0.39 is 35.0 Å². The Kier molecular flexibility index (Phi) is 8.28. The number of anilines is 1. The third kappa shape index (κ3) is 7.53. The van der Waals surface area contributed by atoms with Crippen molar-refractivity contribution in [2.45, 2.75) is 71.8 Å². The molecule has 2 amide bonds. The average molecular weight is 532 g/mol. The van der Waals surface area contributed by atoms with Crippen molar-refractivity contribution in [2.24, 2.45) is 0 Å². The van der Waals surface area contributed by atoms with E-state index in [1.54, 1.807) is 53.7 Å². The minimum absolute atomic E-state index is 0.116. The fourth-order valence-corrected chi connectivity index (χ4v) is 4.82. The third-order valence-corrected chi connectivity index (χ3v) is 6.31. The third-order valence-electron chi connectivity index (χ3n) is 5.16. The molecule has 11 heteroatoms. The highest BCUT2D eigenvalue weighted by atomic mass is 32.1. The number of rotatable bonds is 5. The molecule has 1 aliphatic rings. The van der Waals surface area contributed by atoms with Gasteiger partial charge in [0.1, 0.15) is 22.0 Å². The molecule has 1 atom stereocenters. The van der Waals surface area contributed by atoms with Crippen LogP contribution >= 0.6 is 11.3 Å². The first kappa shape index (κ1) is 28.1. The quantitative estimate of drug-likeness (QED) is 0.340. The number of carbonyl (C=O) groups is 4. The van der Waals surface area contributed by atoms with Gasteiger partial charge in [-0.2, -0.15) is 0 Å². The van der Waals surface area contributed by atoms with Crippen LogP contribution in [0.3, 0.4) is 0 Å². The molecule has 2 aromatic rings. The number of esters is 2. The number of hydrogen-bond acceptors (Lipinski definition) is 9. The van der Waals surface area contributed by atoms with Gasteiger partial charge in [0.2, 0.25) is 0 Å². The van der Waals surface area contributed by atoms with Crippen molar-refractivity contribution in [3.8, 4) is 5.75 Å². The van der Waals surface area contributed by atoms with Gasteiger partial charge in [-0.15, -0.1) is 11.3 Å². The molecule has 37 heavy (non-hydrogen) atoms. The number of thiophene rings is 1. The predicted molar refractivity (Wildman–Crippen MR) is 139 cm³/mol. The topological polar surface area (TPSA) is 143 Å². The normalized spacial score (nSPS) is 15.4. The molecular weight excluding hydrogens is 498 g/mol. The Bertz CT molecular complexity index is 1210. The summed E-state index contributed by atoms with van der Waals surface area (Å²) in [5.41, 5.74) is -0.605. The maximum absolute atomic E-state index is 13.2. The molecule has 1 unspecified atom stereocenters. The van der Waals surface area contributed by atoms with Crippen LogP contribution in [0.25, 0.3) is 0 Å². The van der Waals surface area contributed by atoms with E-state index in [4.69, 9.17) is 9.47 Å². The van der Waals surface area contributed by atoms with Gasteiger partial charge in [-0.1, -0.05) is 12.1 Å². The van der Waals surface area contributed by atoms with Gasteiger partial charge in [-0.05, 0) is 65.7 Å². The second-order valence-corrected chi connectivity index (χ2v) is 11.8. The number of hydrogen-bond donors (Lipinski definition) is 4. The molecule has 0 radical (unpaired) electrons. The summed E-state index contributed by atoms with van der Waals surface area (Å²) in [4.78, 5) is 51.3. The Balaban J connectivity index is 1.81. The number of phenolic OH excluding ortho intramolecular Hbond substituents is 1. The molecule has 0 spiro atoms. The number of carbonyl (C=O) groups excluding carboxylic acids is 4. The number of nitrogens with one attached hydrogen (secondary N) is 3. The molecule has 0 saturated carbocycles. The molecular formula is C26H33N3O7S. The van der Waals surface area contributed by atoms with E-state index in [9.17, 15) is 24.3 Å². The van der Waals surface area contributed by atoms with E-state index in [-0.39, 0.29) is 34.5 Å². The second-order valence-electron chi connectivity index (χ2n) is 10.7. The monoisotopic (exact) mass is 531 g/mol. The summed E-state index contributed by atoms with van der Waals surface area (Å²) in [6.45, 7) is 10.8. The zero-order valence-corrected chi connectivity index (χ0v) is 22.6. The van der Waals surface area contributed by atoms with Crippen LogP contribution in [0.1, 0.15) is 72.7 Å². The molecule has 4 N–H and O–H groups in total. The molecule has 3 rings (SSSR count). The number of para-hydroxylation sites is 1. The van der Waals surface area contributed by atoms with Crippen molar-refractivity contribution < 1.29 is 33.8 Å². The summed E-state index contributed by atoms with van der Waals surface area (Å²) in [5, 5.41) is 18.8. The van der Waals surface area contributed by atoms with Gasteiger partial charge in [0, 0.05) is 24.0 Å². The van der Waals surface area contributed by atoms with E-state index in [1.807, 2.05) is 0 Å². The average Bonchev–Trinajstić information content (AvgIpc) is 3.12. The SMILES string of the molecule is CC(C)(C)OC(=O)C(=O)Nc1sc2c(c1C(=O)OC(C)(C)C)CC(CNC(=O)c1ccccc1O)NC2. The largest absolute Gasteiger partial charge is 0.507 e. The Labute approximate surface area is 219 Å². The molecule has 10 nitrogen and oxygen atoms in total. The standard InChI is InChI=1S/C26H33N3O7S/c1-25(2,3)35-23(33)19-16-11-14(12-28-20(31)15-9-7-8-10-17(15)30)27-13-18(16)37-22(19)29-21(32)24(34)36-26(4,5)6/h7-10,14,27,30H,11-13H2,1-6H3,(H,28,31)(H,29,32). The van der Waals surface area contributed by atoms with Crippen molar-refractivity contribution in [2.75, 3.05) is 11.9 Å². The van der Waals surface area contributed by atoms with Gasteiger partial charge >= 0.3 is 17.8 Å². The van der Waals surface area contributed by atoms with Crippen LogP contribution in [0.15, 0.2) is 24.3 Å². The Morgan fingerprint density at radius 1 is 1.05 bits per heavy atom. The van der Waals surface area contributed by atoms with E-state index in [0.29, 0.717) is 18.5 Å². The highest BCUT2D eigenvalue weighted by molar-refractivity contribution is 7.17. The van der Waals surface area contributed by atoms with Crippen LogP contribution in [-0.4, -0.2) is 52.6 Å². The number of fused-ring (bicyclic) bond motifs is 1. The van der Waals surface area contributed by atoms with Gasteiger partial charge in [-0.25, -0.2) is 9.59 Å². The summed E-state index contributed by atoms with van der Waals surface area (Å²) in [7, 11) is 0. The van der Waals surface area contributed by atoms with Gasteiger partial charge in [-0.3, -0.25) is 9.59 Å². The number of phenols is 1. The summed E-state index contributed by atoms with van der Waals surface area (Å²) in [5.74, 6) is -3.21. The minimum atomic E-state index is -1.06. The maximum Gasteiger partial charge on any atom is 0.397 e. The Hall–Kier alpha value is -3.44. The number of benzene rings is 1. The minimum Gasteiger partial charge on any atom is -0.507 e.